The molecule has 1 fully saturated rings. The highest BCUT2D eigenvalue weighted by Gasteiger charge is 2.27. The van der Waals surface area contributed by atoms with Gasteiger partial charge in [0.25, 0.3) is 5.56 Å². The van der Waals surface area contributed by atoms with E-state index in [2.05, 4.69) is 22.5 Å². The Morgan fingerprint density at radius 1 is 1.15 bits per heavy atom. The Hall–Kier alpha value is -3.48. The van der Waals surface area contributed by atoms with E-state index in [4.69, 9.17) is 0 Å². The number of piperidine rings is 1. The van der Waals surface area contributed by atoms with Crippen molar-refractivity contribution in [3.05, 3.63) is 88.5 Å². The summed E-state index contributed by atoms with van der Waals surface area (Å²) in [5, 5.41) is 7.62. The van der Waals surface area contributed by atoms with E-state index in [0.29, 0.717) is 18.1 Å². The Kier molecular flexibility index (Phi) is 7.17. The van der Waals surface area contributed by atoms with Crippen molar-refractivity contribution in [3.63, 3.8) is 0 Å². The number of rotatable bonds is 7. The number of nitrogens with one attached hydrogen (secondary N) is 1. The molecule has 0 unspecified atom stereocenters. The van der Waals surface area contributed by atoms with Gasteiger partial charge in [-0.25, -0.2) is 4.39 Å². The minimum absolute atomic E-state index is 0.0544. The van der Waals surface area contributed by atoms with Crippen molar-refractivity contribution in [1.29, 1.82) is 0 Å². The molecule has 0 spiro atoms. The molecular weight excluding hydrogens is 419 g/mol. The second-order valence-electron chi connectivity index (χ2n) is 8.64. The lowest BCUT2D eigenvalue weighted by atomic mass is 9.96. The molecule has 6 nitrogen and oxygen atoms in total. The molecule has 1 amide bonds. The first-order valence-corrected chi connectivity index (χ1v) is 11.4. The van der Waals surface area contributed by atoms with Gasteiger partial charge in [0.1, 0.15) is 11.6 Å². The van der Waals surface area contributed by atoms with Crippen LogP contribution in [0.2, 0.25) is 0 Å². The lowest BCUT2D eigenvalue weighted by Crippen LogP contribution is -2.46. The summed E-state index contributed by atoms with van der Waals surface area (Å²) in [5.74, 6) is 0.0872. The second kappa shape index (κ2) is 10.4. The maximum atomic E-state index is 13.6. The molecule has 0 saturated carbocycles. The predicted octanol–water partition coefficient (Wildman–Crippen LogP) is 3.73. The molecule has 0 radical (unpaired) electrons. The van der Waals surface area contributed by atoms with Crippen molar-refractivity contribution in [1.82, 2.24) is 15.1 Å². The Morgan fingerprint density at radius 2 is 1.97 bits per heavy atom. The number of anilines is 1. The van der Waals surface area contributed by atoms with Crippen molar-refractivity contribution in [3.8, 4) is 5.69 Å². The summed E-state index contributed by atoms with van der Waals surface area (Å²) in [6, 6.07) is 19.2. The molecule has 2 aromatic carbocycles. The number of carbonyl (C=O) groups excluding carboxylic acids is 1. The topological polar surface area (TPSA) is 67.2 Å². The van der Waals surface area contributed by atoms with Gasteiger partial charge in [-0.2, -0.15) is 4.68 Å². The van der Waals surface area contributed by atoms with Gasteiger partial charge in [0.2, 0.25) is 5.91 Å². The van der Waals surface area contributed by atoms with E-state index in [9.17, 15) is 14.0 Å². The second-order valence-corrected chi connectivity index (χ2v) is 8.64. The van der Waals surface area contributed by atoms with E-state index in [-0.39, 0.29) is 23.4 Å². The number of amides is 1. The van der Waals surface area contributed by atoms with Gasteiger partial charge in [-0.05, 0) is 62.4 Å². The molecular formula is C26H29FN4O2. The van der Waals surface area contributed by atoms with Crippen LogP contribution in [0.5, 0.6) is 0 Å². The van der Waals surface area contributed by atoms with Crippen molar-refractivity contribution < 1.29 is 9.18 Å². The van der Waals surface area contributed by atoms with E-state index >= 15 is 0 Å². The lowest BCUT2D eigenvalue weighted by Gasteiger charge is -2.33. The zero-order chi connectivity index (χ0) is 23.2. The standard InChI is InChI=1S/C26H29FN4O2/c1-19(12-13-20-7-3-2-4-8-20)28-26(33)21-9-6-16-30(18-21)24-14-15-25(32)31(29-24)23-11-5-10-22(27)17-23/h2-5,7-8,10-11,14-15,17,19,21H,6,9,12-13,16,18H2,1H3,(H,28,33)/t19-,21-/m1/s1. The molecule has 33 heavy (non-hydrogen) atoms. The Bertz CT molecular complexity index is 1150. The van der Waals surface area contributed by atoms with Gasteiger partial charge in [-0.15, -0.1) is 5.10 Å². The highest BCUT2D eigenvalue weighted by atomic mass is 19.1. The SMILES string of the molecule is C[C@H](CCc1ccccc1)NC(=O)[C@@H]1CCCN(c2ccc(=O)n(-c3cccc(F)c3)n2)C1. The summed E-state index contributed by atoms with van der Waals surface area (Å²) in [5.41, 5.74) is 1.31. The first-order valence-electron chi connectivity index (χ1n) is 11.4. The number of halogens is 1. The van der Waals surface area contributed by atoms with Gasteiger partial charge < -0.3 is 10.2 Å². The first-order chi connectivity index (χ1) is 16.0. The minimum atomic E-state index is -0.428. The van der Waals surface area contributed by atoms with Crippen LogP contribution in [0.25, 0.3) is 5.69 Å². The summed E-state index contributed by atoms with van der Waals surface area (Å²) >= 11 is 0. The van der Waals surface area contributed by atoms with Crippen LogP contribution in [0, 0.1) is 11.7 Å². The van der Waals surface area contributed by atoms with Gasteiger partial charge in [0.15, 0.2) is 0 Å². The van der Waals surface area contributed by atoms with E-state index in [0.717, 1.165) is 32.2 Å². The van der Waals surface area contributed by atoms with Crippen LogP contribution >= 0.6 is 0 Å². The van der Waals surface area contributed by atoms with E-state index < -0.39 is 5.82 Å². The highest BCUT2D eigenvalue weighted by molar-refractivity contribution is 5.79. The van der Waals surface area contributed by atoms with Crippen LogP contribution in [0.4, 0.5) is 10.2 Å². The van der Waals surface area contributed by atoms with Gasteiger partial charge >= 0.3 is 0 Å². The molecule has 172 valence electrons. The summed E-state index contributed by atoms with van der Waals surface area (Å²) < 4.78 is 14.8. The van der Waals surface area contributed by atoms with Gasteiger partial charge in [-0.1, -0.05) is 36.4 Å². The maximum absolute atomic E-state index is 13.6. The molecule has 4 rings (SSSR count). The van der Waals surface area contributed by atoms with E-state index in [1.165, 1.54) is 28.4 Å². The van der Waals surface area contributed by atoms with Crippen LogP contribution in [0.1, 0.15) is 31.7 Å². The third-order valence-corrected chi connectivity index (χ3v) is 6.05. The normalized spacial score (nSPS) is 16.9. The molecule has 1 aliphatic rings. The monoisotopic (exact) mass is 448 g/mol. The number of aryl methyl sites for hydroxylation is 1. The fraction of sp³-hybridized carbons (Fsp3) is 0.346. The number of hydrogen-bond acceptors (Lipinski definition) is 4. The fourth-order valence-corrected chi connectivity index (χ4v) is 4.22. The van der Waals surface area contributed by atoms with Gasteiger partial charge in [-0.3, -0.25) is 9.59 Å². The first kappa shape index (κ1) is 22.7. The number of carbonyl (C=O) groups is 1. The van der Waals surface area contributed by atoms with Gasteiger partial charge in [0.05, 0.1) is 11.6 Å². The number of hydrogen-bond donors (Lipinski definition) is 1. The molecule has 1 aliphatic heterocycles. The summed E-state index contributed by atoms with van der Waals surface area (Å²) in [6.07, 6.45) is 3.48. The molecule has 1 saturated heterocycles. The molecule has 2 heterocycles. The highest BCUT2D eigenvalue weighted by Crippen LogP contribution is 2.22. The Labute approximate surface area is 193 Å². The summed E-state index contributed by atoms with van der Waals surface area (Å²) in [7, 11) is 0. The zero-order valence-corrected chi connectivity index (χ0v) is 18.8. The molecule has 2 atom stereocenters. The average molecular weight is 449 g/mol. The van der Waals surface area contributed by atoms with E-state index in [1.54, 1.807) is 18.2 Å². The van der Waals surface area contributed by atoms with Crippen LogP contribution in [-0.4, -0.2) is 34.8 Å². The fourth-order valence-electron chi connectivity index (χ4n) is 4.22. The van der Waals surface area contributed by atoms with Crippen LogP contribution in [0.3, 0.4) is 0 Å². The third kappa shape index (κ3) is 5.86. The van der Waals surface area contributed by atoms with Crippen LogP contribution < -0.4 is 15.8 Å². The smallest absolute Gasteiger partial charge is 0.271 e. The predicted molar refractivity (Wildman–Crippen MR) is 127 cm³/mol. The summed E-state index contributed by atoms with van der Waals surface area (Å²) in [4.78, 5) is 27.3. The van der Waals surface area contributed by atoms with Crippen LogP contribution in [-0.2, 0) is 11.2 Å². The maximum Gasteiger partial charge on any atom is 0.271 e. The van der Waals surface area contributed by atoms with Crippen LogP contribution in [0.15, 0.2) is 71.5 Å². The Balaban J connectivity index is 1.39. The average Bonchev–Trinajstić information content (AvgIpc) is 2.84. The third-order valence-electron chi connectivity index (χ3n) is 6.05. The quantitative estimate of drug-likeness (QED) is 0.598. The van der Waals surface area contributed by atoms with Crippen molar-refractivity contribution >= 4 is 11.7 Å². The lowest BCUT2D eigenvalue weighted by molar-refractivity contribution is -0.125. The van der Waals surface area contributed by atoms with Crippen molar-refractivity contribution in [2.75, 3.05) is 18.0 Å². The summed E-state index contributed by atoms with van der Waals surface area (Å²) in [6.45, 7) is 3.32. The molecule has 1 N–H and O–H groups in total. The molecule has 3 aromatic rings. The molecule has 1 aromatic heterocycles. The zero-order valence-electron chi connectivity index (χ0n) is 18.8. The number of nitrogens with zero attached hydrogens (tertiary/aromatic N) is 3. The largest absolute Gasteiger partial charge is 0.354 e. The minimum Gasteiger partial charge on any atom is -0.354 e. The molecule has 0 bridgehead atoms. The van der Waals surface area contributed by atoms with E-state index in [1.807, 2.05) is 30.0 Å². The van der Waals surface area contributed by atoms with Crippen molar-refractivity contribution in [2.24, 2.45) is 5.92 Å². The van der Waals surface area contributed by atoms with Gasteiger partial charge in [0, 0.05) is 25.2 Å². The van der Waals surface area contributed by atoms with Crippen molar-refractivity contribution in [2.45, 2.75) is 38.6 Å². The number of benzene rings is 2. The number of aromatic nitrogens is 2. The Morgan fingerprint density at radius 3 is 2.76 bits per heavy atom. The molecule has 0 aliphatic carbocycles. The molecule has 7 heteroatoms.